The van der Waals surface area contributed by atoms with Gasteiger partial charge in [0.05, 0.1) is 35.7 Å². The molecule has 3 atom stereocenters. The standard InChI is InChI=1S/C21H25ClF3N3O6S2/c1-13-9-20(10-18(27-13)15-11-26-28(12-15)4-6-35(2,29)30)16-8-17(22)19(7-14(16)3-5-33-20)34-36(31,32)21(23,24)25/h7-8,11-13,18,27H,3-6,9-10H2,1-2H3. The van der Waals surface area contributed by atoms with E-state index in [1.807, 2.05) is 6.92 Å². The van der Waals surface area contributed by atoms with Crippen LogP contribution in [0.2, 0.25) is 5.02 Å². The van der Waals surface area contributed by atoms with Gasteiger partial charge in [-0.05, 0) is 43.0 Å². The smallest absolute Gasteiger partial charge is 0.374 e. The lowest BCUT2D eigenvalue weighted by atomic mass is 9.74. The van der Waals surface area contributed by atoms with E-state index in [-0.39, 0.29) is 36.0 Å². The van der Waals surface area contributed by atoms with E-state index in [0.29, 0.717) is 30.4 Å². The maximum Gasteiger partial charge on any atom is 0.534 e. The number of ether oxygens (including phenoxy) is 1. The molecule has 4 rings (SSSR count). The van der Waals surface area contributed by atoms with Gasteiger partial charge in [-0.25, -0.2) is 8.42 Å². The number of rotatable bonds is 6. The van der Waals surface area contributed by atoms with Crippen LogP contribution < -0.4 is 9.50 Å². The molecule has 1 aromatic heterocycles. The Hall–Kier alpha value is -1.87. The van der Waals surface area contributed by atoms with Crippen molar-refractivity contribution in [2.24, 2.45) is 0 Å². The molecular formula is C21H25ClF3N3O6S2. The van der Waals surface area contributed by atoms with Gasteiger partial charge >= 0.3 is 15.6 Å². The second kappa shape index (κ2) is 9.46. The number of hydrogen-bond donors (Lipinski definition) is 1. The molecule has 0 bridgehead atoms. The Bertz CT molecular complexity index is 1360. The van der Waals surface area contributed by atoms with Crippen molar-refractivity contribution >= 4 is 31.6 Å². The van der Waals surface area contributed by atoms with Gasteiger partial charge in [-0.2, -0.15) is 26.7 Å². The van der Waals surface area contributed by atoms with Crippen LogP contribution in [0.1, 0.15) is 42.5 Å². The highest BCUT2D eigenvalue weighted by atomic mass is 35.5. The quantitative estimate of drug-likeness (QED) is 0.415. The fourth-order valence-electron chi connectivity index (χ4n) is 4.75. The van der Waals surface area contributed by atoms with Crippen molar-refractivity contribution in [3.05, 3.63) is 46.2 Å². The van der Waals surface area contributed by atoms with E-state index in [4.69, 9.17) is 16.3 Å². The van der Waals surface area contributed by atoms with Crippen LogP contribution in [0, 0.1) is 0 Å². The van der Waals surface area contributed by atoms with Gasteiger partial charge in [0, 0.05) is 36.5 Å². The molecule has 1 aromatic carbocycles. The minimum atomic E-state index is -5.87. The topological polar surface area (TPSA) is 117 Å². The third kappa shape index (κ3) is 5.67. The first kappa shape index (κ1) is 27.2. The zero-order valence-corrected chi connectivity index (χ0v) is 21.8. The molecule has 0 amide bonds. The Kier molecular flexibility index (Phi) is 7.14. The Morgan fingerprint density at radius 2 is 2.00 bits per heavy atom. The summed E-state index contributed by atoms with van der Waals surface area (Å²) in [5.41, 5.74) is -4.33. The number of sulfone groups is 1. The number of nitrogens with zero attached hydrogens (tertiary/aromatic N) is 2. The summed E-state index contributed by atoms with van der Waals surface area (Å²) in [5, 5.41) is 7.47. The first-order chi connectivity index (χ1) is 16.6. The molecule has 1 N–H and O–H groups in total. The zero-order valence-electron chi connectivity index (χ0n) is 19.4. The van der Waals surface area contributed by atoms with E-state index < -0.39 is 36.8 Å². The van der Waals surface area contributed by atoms with Crippen molar-refractivity contribution in [1.29, 1.82) is 0 Å². The van der Waals surface area contributed by atoms with Gasteiger partial charge in [0.2, 0.25) is 0 Å². The van der Waals surface area contributed by atoms with Crippen LogP contribution in [0.25, 0.3) is 0 Å². The summed E-state index contributed by atoms with van der Waals surface area (Å²) in [5.74, 6) is -0.633. The van der Waals surface area contributed by atoms with E-state index in [1.165, 1.54) is 12.1 Å². The molecule has 2 aliphatic heterocycles. The van der Waals surface area contributed by atoms with E-state index in [1.54, 1.807) is 17.1 Å². The first-order valence-corrected chi connectivity index (χ1v) is 14.9. The third-order valence-corrected chi connectivity index (χ3v) is 8.47. The summed E-state index contributed by atoms with van der Waals surface area (Å²) < 4.78 is 96.5. The van der Waals surface area contributed by atoms with Gasteiger partial charge in [0.15, 0.2) is 5.75 Å². The number of fused-ring (bicyclic) bond motifs is 2. The van der Waals surface area contributed by atoms with Crippen molar-refractivity contribution < 1.29 is 38.9 Å². The molecule has 2 aromatic rings. The summed E-state index contributed by atoms with van der Waals surface area (Å²) in [7, 11) is -9.02. The Morgan fingerprint density at radius 1 is 1.28 bits per heavy atom. The minimum Gasteiger partial charge on any atom is -0.374 e. The third-order valence-electron chi connectivity index (χ3n) is 6.28. The summed E-state index contributed by atoms with van der Waals surface area (Å²) >= 11 is 6.19. The van der Waals surface area contributed by atoms with Crippen molar-refractivity contribution in [3.63, 3.8) is 0 Å². The zero-order chi connectivity index (χ0) is 26.5. The van der Waals surface area contributed by atoms with Gasteiger partial charge in [-0.3, -0.25) is 4.68 Å². The average Bonchev–Trinajstić information content (AvgIpc) is 3.21. The molecule has 0 saturated carbocycles. The van der Waals surface area contributed by atoms with Crippen molar-refractivity contribution in [1.82, 2.24) is 15.1 Å². The summed E-state index contributed by atoms with van der Waals surface area (Å²) in [6.07, 6.45) is 5.90. The molecule has 1 fully saturated rings. The lowest BCUT2D eigenvalue weighted by Gasteiger charge is -2.47. The highest BCUT2D eigenvalue weighted by molar-refractivity contribution is 7.90. The maximum absolute atomic E-state index is 12.8. The molecule has 15 heteroatoms. The normalized spacial score (nSPS) is 25.1. The molecule has 0 aliphatic carbocycles. The largest absolute Gasteiger partial charge is 0.534 e. The highest BCUT2D eigenvalue weighted by Gasteiger charge is 2.49. The van der Waals surface area contributed by atoms with Gasteiger partial charge < -0.3 is 14.2 Å². The van der Waals surface area contributed by atoms with Crippen LogP contribution in [0.4, 0.5) is 13.2 Å². The highest BCUT2D eigenvalue weighted by Crippen LogP contribution is 2.48. The van der Waals surface area contributed by atoms with Crippen LogP contribution >= 0.6 is 11.6 Å². The second-order valence-corrected chi connectivity index (χ2v) is 13.4. The van der Waals surface area contributed by atoms with Crippen LogP contribution in [0.5, 0.6) is 5.75 Å². The second-order valence-electron chi connectivity index (χ2n) is 9.21. The molecule has 36 heavy (non-hydrogen) atoms. The number of piperidine rings is 1. The van der Waals surface area contributed by atoms with E-state index in [2.05, 4.69) is 14.6 Å². The predicted molar refractivity (Wildman–Crippen MR) is 125 cm³/mol. The number of hydrogen-bond acceptors (Lipinski definition) is 8. The lowest BCUT2D eigenvalue weighted by Crippen LogP contribution is -2.50. The van der Waals surface area contributed by atoms with Crippen molar-refractivity contribution in [3.8, 4) is 5.75 Å². The van der Waals surface area contributed by atoms with Gasteiger partial charge in [0.1, 0.15) is 9.84 Å². The number of halogens is 4. The summed E-state index contributed by atoms with van der Waals surface area (Å²) in [6.45, 7) is 2.45. The number of benzene rings is 1. The molecule has 1 spiro atoms. The Morgan fingerprint density at radius 3 is 2.67 bits per heavy atom. The molecule has 1 saturated heterocycles. The number of aryl methyl sites for hydroxylation is 1. The van der Waals surface area contributed by atoms with Gasteiger partial charge in [-0.15, -0.1) is 0 Å². The Labute approximate surface area is 211 Å². The van der Waals surface area contributed by atoms with E-state index >= 15 is 0 Å². The van der Waals surface area contributed by atoms with Crippen LogP contribution in [-0.2, 0) is 43.3 Å². The van der Waals surface area contributed by atoms with E-state index in [9.17, 15) is 30.0 Å². The molecule has 0 radical (unpaired) electrons. The maximum atomic E-state index is 12.8. The molecular weight excluding hydrogens is 547 g/mol. The SMILES string of the molecule is CC1CC2(CC(c3cnn(CCS(C)(=O)=O)c3)N1)OCCc1cc(OS(=O)(=O)C(F)(F)F)c(Cl)cc12. The fraction of sp³-hybridized carbons (Fsp3) is 0.571. The van der Waals surface area contributed by atoms with Gasteiger partial charge in [-0.1, -0.05) is 11.6 Å². The number of aromatic nitrogens is 2. The molecule has 200 valence electrons. The van der Waals surface area contributed by atoms with Crippen molar-refractivity contribution in [2.45, 2.75) is 55.9 Å². The predicted octanol–water partition coefficient (Wildman–Crippen LogP) is 3.09. The van der Waals surface area contributed by atoms with Crippen molar-refractivity contribution in [2.75, 3.05) is 18.6 Å². The summed E-state index contributed by atoms with van der Waals surface area (Å²) in [4.78, 5) is 0. The van der Waals surface area contributed by atoms with Crippen LogP contribution in [0.15, 0.2) is 24.5 Å². The lowest BCUT2D eigenvalue weighted by molar-refractivity contribution is -0.0984. The van der Waals surface area contributed by atoms with Crippen LogP contribution in [0.3, 0.4) is 0 Å². The summed E-state index contributed by atoms with van der Waals surface area (Å²) in [6, 6.07) is 2.40. The molecule has 9 nitrogen and oxygen atoms in total. The van der Waals surface area contributed by atoms with Crippen LogP contribution in [-0.4, -0.2) is 56.8 Å². The number of nitrogens with one attached hydrogen (secondary N) is 1. The average molecular weight is 572 g/mol. The monoisotopic (exact) mass is 571 g/mol. The Balaban J connectivity index is 1.63. The first-order valence-electron chi connectivity index (χ1n) is 11.0. The van der Waals surface area contributed by atoms with E-state index in [0.717, 1.165) is 11.8 Å². The number of alkyl halides is 3. The minimum absolute atomic E-state index is 0.0330. The molecule has 2 aliphatic rings. The fourth-order valence-corrected chi connectivity index (χ4v) is 5.99. The molecule has 3 unspecified atom stereocenters. The molecule has 3 heterocycles. The van der Waals surface area contributed by atoms with Gasteiger partial charge in [0.25, 0.3) is 0 Å².